The monoisotopic (exact) mass is 270 g/mol. The van der Waals surface area contributed by atoms with Gasteiger partial charge in [-0.15, -0.1) is 0 Å². The zero-order chi connectivity index (χ0) is 14.4. The van der Waals surface area contributed by atoms with Gasteiger partial charge in [-0.2, -0.15) is 5.26 Å². The van der Waals surface area contributed by atoms with E-state index >= 15 is 0 Å². The number of hydrogen-bond donors (Lipinski definition) is 1. The van der Waals surface area contributed by atoms with Gasteiger partial charge >= 0.3 is 0 Å². The topological polar surface area (TPSA) is 75.3 Å². The first-order valence-corrected chi connectivity index (χ1v) is 6.16. The van der Waals surface area contributed by atoms with Crippen molar-refractivity contribution in [1.82, 2.24) is 5.32 Å². The second-order valence-electron chi connectivity index (χ2n) is 4.19. The lowest BCUT2D eigenvalue weighted by Gasteiger charge is -2.14. The lowest BCUT2D eigenvalue weighted by Crippen LogP contribution is -2.35. The molecule has 1 aromatic heterocycles. The summed E-state index contributed by atoms with van der Waals surface area (Å²) >= 11 is 0. The summed E-state index contributed by atoms with van der Waals surface area (Å²) in [5.74, 6) is 0.999. The molecule has 1 atom stereocenters. The summed E-state index contributed by atoms with van der Waals surface area (Å²) in [7, 11) is 0. The smallest absolute Gasteiger partial charge is 0.261 e. The summed E-state index contributed by atoms with van der Waals surface area (Å²) in [4.78, 5) is 11.8. The van der Waals surface area contributed by atoms with Gasteiger partial charge in [0.25, 0.3) is 5.91 Å². The van der Waals surface area contributed by atoms with E-state index < -0.39 is 6.10 Å². The molecule has 0 aliphatic rings. The second-order valence-corrected chi connectivity index (χ2v) is 4.19. The molecule has 5 heteroatoms. The minimum Gasteiger partial charge on any atom is -0.481 e. The third-order valence-corrected chi connectivity index (χ3v) is 2.68. The molecule has 1 heterocycles. The molecule has 0 unspecified atom stereocenters. The van der Waals surface area contributed by atoms with Gasteiger partial charge in [-0.1, -0.05) is 0 Å². The quantitative estimate of drug-likeness (QED) is 0.904. The number of amides is 1. The fourth-order valence-electron chi connectivity index (χ4n) is 1.60. The fourth-order valence-corrected chi connectivity index (χ4v) is 1.60. The summed E-state index contributed by atoms with van der Waals surface area (Å²) in [5.41, 5.74) is 0.548. The lowest BCUT2D eigenvalue weighted by molar-refractivity contribution is -0.127. The first kappa shape index (κ1) is 13.7. The van der Waals surface area contributed by atoms with Crippen LogP contribution in [-0.4, -0.2) is 12.0 Å². The van der Waals surface area contributed by atoms with Gasteiger partial charge in [0.05, 0.1) is 24.4 Å². The van der Waals surface area contributed by atoms with Crippen LogP contribution < -0.4 is 10.1 Å². The van der Waals surface area contributed by atoms with Crippen molar-refractivity contribution < 1.29 is 13.9 Å². The molecular weight excluding hydrogens is 256 g/mol. The van der Waals surface area contributed by atoms with E-state index in [0.29, 0.717) is 23.6 Å². The van der Waals surface area contributed by atoms with Crippen molar-refractivity contribution in [2.45, 2.75) is 19.6 Å². The van der Waals surface area contributed by atoms with Crippen LogP contribution in [0.3, 0.4) is 0 Å². The van der Waals surface area contributed by atoms with E-state index in [1.807, 2.05) is 6.07 Å². The predicted molar refractivity (Wildman–Crippen MR) is 71.8 cm³/mol. The van der Waals surface area contributed by atoms with Crippen LogP contribution in [0, 0.1) is 11.3 Å². The molecular formula is C15H14N2O3. The van der Waals surface area contributed by atoms with E-state index in [9.17, 15) is 4.79 Å². The van der Waals surface area contributed by atoms with E-state index in [1.165, 1.54) is 0 Å². The van der Waals surface area contributed by atoms with Crippen LogP contribution in [0.15, 0.2) is 47.1 Å². The van der Waals surface area contributed by atoms with Crippen LogP contribution >= 0.6 is 0 Å². The third kappa shape index (κ3) is 3.62. The van der Waals surface area contributed by atoms with Gasteiger partial charge in [0.15, 0.2) is 6.10 Å². The molecule has 0 aliphatic heterocycles. The maximum atomic E-state index is 11.8. The van der Waals surface area contributed by atoms with Crippen LogP contribution in [0.1, 0.15) is 18.2 Å². The number of nitriles is 1. The molecule has 5 nitrogen and oxygen atoms in total. The SMILES string of the molecule is C[C@@H](Oc1ccc(C#N)cc1)C(=O)NCc1ccco1. The van der Waals surface area contributed by atoms with E-state index in [4.69, 9.17) is 14.4 Å². The maximum Gasteiger partial charge on any atom is 0.261 e. The van der Waals surface area contributed by atoms with Crippen molar-refractivity contribution in [3.8, 4) is 11.8 Å². The summed E-state index contributed by atoms with van der Waals surface area (Å²) < 4.78 is 10.6. The second kappa shape index (κ2) is 6.43. The van der Waals surface area contributed by atoms with Crippen LogP contribution in [0.5, 0.6) is 5.75 Å². The number of furan rings is 1. The maximum absolute atomic E-state index is 11.8. The highest BCUT2D eigenvalue weighted by Gasteiger charge is 2.14. The zero-order valence-corrected chi connectivity index (χ0v) is 11.0. The first-order valence-electron chi connectivity index (χ1n) is 6.16. The van der Waals surface area contributed by atoms with Gasteiger partial charge < -0.3 is 14.5 Å². The van der Waals surface area contributed by atoms with Crippen LogP contribution in [-0.2, 0) is 11.3 Å². The van der Waals surface area contributed by atoms with Gasteiger partial charge in [-0.05, 0) is 43.3 Å². The summed E-state index contributed by atoms with van der Waals surface area (Å²) in [5, 5.41) is 11.4. The summed E-state index contributed by atoms with van der Waals surface area (Å²) in [6.07, 6.45) is 0.927. The number of ether oxygens (including phenoxy) is 1. The Bertz CT molecular complexity index is 597. The Morgan fingerprint density at radius 2 is 2.15 bits per heavy atom. The standard InChI is InChI=1S/C15H14N2O3/c1-11(15(18)17-10-14-3-2-8-19-14)20-13-6-4-12(9-16)5-7-13/h2-8,11H,10H2,1H3,(H,17,18)/t11-/m1/s1. The van der Waals surface area contributed by atoms with Crippen molar-refractivity contribution in [3.05, 3.63) is 54.0 Å². The number of rotatable bonds is 5. The lowest BCUT2D eigenvalue weighted by atomic mass is 10.2. The zero-order valence-electron chi connectivity index (χ0n) is 11.0. The third-order valence-electron chi connectivity index (χ3n) is 2.68. The summed E-state index contributed by atoms with van der Waals surface area (Å²) in [6.45, 7) is 1.99. The molecule has 20 heavy (non-hydrogen) atoms. The first-order chi connectivity index (χ1) is 9.69. The molecule has 0 aliphatic carbocycles. The Labute approximate surface area is 116 Å². The molecule has 2 aromatic rings. The van der Waals surface area contributed by atoms with Crippen molar-refractivity contribution in [2.24, 2.45) is 0 Å². The van der Waals surface area contributed by atoms with Gasteiger partial charge in [0.1, 0.15) is 11.5 Å². The molecule has 1 aromatic carbocycles. The van der Waals surface area contributed by atoms with Gasteiger partial charge in [0.2, 0.25) is 0 Å². The van der Waals surface area contributed by atoms with Gasteiger partial charge in [-0.25, -0.2) is 0 Å². The molecule has 1 N–H and O–H groups in total. The number of nitrogens with zero attached hydrogens (tertiary/aromatic N) is 1. The molecule has 0 spiro atoms. The van der Waals surface area contributed by atoms with Crippen molar-refractivity contribution in [2.75, 3.05) is 0 Å². The minimum absolute atomic E-state index is 0.231. The van der Waals surface area contributed by atoms with Crippen LogP contribution in [0.2, 0.25) is 0 Å². The van der Waals surface area contributed by atoms with Crippen molar-refractivity contribution in [3.63, 3.8) is 0 Å². The number of hydrogen-bond acceptors (Lipinski definition) is 4. The number of nitrogens with one attached hydrogen (secondary N) is 1. The van der Waals surface area contributed by atoms with E-state index in [-0.39, 0.29) is 5.91 Å². The van der Waals surface area contributed by atoms with E-state index in [2.05, 4.69) is 5.32 Å². The highest BCUT2D eigenvalue weighted by atomic mass is 16.5. The largest absolute Gasteiger partial charge is 0.481 e. The predicted octanol–water partition coefficient (Wildman–Crippen LogP) is 2.23. The van der Waals surface area contributed by atoms with Gasteiger partial charge in [-0.3, -0.25) is 4.79 Å². The number of carbonyl (C=O) groups excluding carboxylic acids is 1. The highest BCUT2D eigenvalue weighted by molar-refractivity contribution is 5.80. The Morgan fingerprint density at radius 3 is 2.75 bits per heavy atom. The van der Waals surface area contributed by atoms with Gasteiger partial charge in [0, 0.05) is 0 Å². The van der Waals surface area contributed by atoms with Crippen molar-refractivity contribution >= 4 is 5.91 Å². The number of benzene rings is 1. The van der Waals surface area contributed by atoms with Crippen LogP contribution in [0.4, 0.5) is 0 Å². The number of carbonyl (C=O) groups is 1. The molecule has 0 fully saturated rings. The van der Waals surface area contributed by atoms with Crippen LogP contribution in [0.25, 0.3) is 0 Å². The van der Waals surface area contributed by atoms with E-state index in [0.717, 1.165) is 0 Å². The van der Waals surface area contributed by atoms with E-state index in [1.54, 1.807) is 49.6 Å². The fraction of sp³-hybridized carbons (Fsp3) is 0.200. The molecule has 2 rings (SSSR count). The normalized spacial score (nSPS) is 11.4. The Kier molecular flexibility index (Phi) is 4.40. The molecule has 0 radical (unpaired) electrons. The molecule has 0 saturated heterocycles. The minimum atomic E-state index is -0.627. The Morgan fingerprint density at radius 1 is 1.40 bits per heavy atom. The summed E-state index contributed by atoms with van der Waals surface area (Å²) in [6, 6.07) is 12.2. The average molecular weight is 270 g/mol. The Hall–Kier alpha value is -2.74. The van der Waals surface area contributed by atoms with Crippen molar-refractivity contribution in [1.29, 1.82) is 5.26 Å². The average Bonchev–Trinajstić information content (AvgIpc) is 2.98. The Balaban J connectivity index is 1.85. The highest BCUT2D eigenvalue weighted by Crippen LogP contribution is 2.13. The molecule has 102 valence electrons. The molecule has 1 amide bonds. The molecule has 0 bridgehead atoms. The molecule has 0 saturated carbocycles.